The normalized spacial score (nSPS) is 19.6. The third-order valence-corrected chi connectivity index (χ3v) is 8.74. The van der Waals surface area contributed by atoms with Gasteiger partial charge in [-0.15, -0.1) is 0 Å². The van der Waals surface area contributed by atoms with Crippen LogP contribution in [-0.2, 0) is 5.41 Å². The lowest BCUT2D eigenvalue weighted by molar-refractivity contribution is 0.438. The number of hydrogen-bond donors (Lipinski definition) is 0. The van der Waals surface area contributed by atoms with Crippen LogP contribution in [0.15, 0.2) is 78.5 Å². The van der Waals surface area contributed by atoms with E-state index in [1.54, 1.807) is 0 Å². The zero-order valence-corrected chi connectivity index (χ0v) is 23.4. The number of hydrogen-bond acceptors (Lipinski definition) is 4. The van der Waals surface area contributed by atoms with Gasteiger partial charge in [0, 0.05) is 91.0 Å². The second kappa shape index (κ2) is 8.17. The summed E-state index contributed by atoms with van der Waals surface area (Å²) in [5.74, 6) is 0.622. The Balaban J connectivity index is 1.76. The van der Waals surface area contributed by atoms with E-state index in [9.17, 15) is 0 Å². The van der Waals surface area contributed by atoms with Crippen LogP contribution in [0.5, 0.6) is 0 Å². The highest BCUT2D eigenvalue weighted by molar-refractivity contribution is 5.89. The van der Waals surface area contributed by atoms with Gasteiger partial charge >= 0.3 is 0 Å². The SMILES string of the molecule is CN(C)C1=CC2C(C=C1)c1ccc(N(C)C)cc1C21c2cc(N(C)C)ccc2-c2ccc(N(C)C)cc21. The molecule has 3 aromatic carbocycles. The maximum Gasteiger partial charge on any atom is 0.0540 e. The van der Waals surface area contributed by atoms with Gasteiger partial charge in [-0.1, -0.05) is 30.4 Å². The molecule has 0 fully saturated rings. The summed E-state index contributed by atoms with van der Waals surface area (Å²) in [5, 5.41) is 0. The first-order valence-electron chi connectivity index (χ1n) is 13.2. The van der Waals surface area contributed by atoms with E-state index in [-0.39, 0.29) is 11.3 Å². The molecular formula is C33H38N4. The average Bonchev–Trinajstić information content (AvgIpc) is 3.33. The van der Waals surface area contributed by atoms with Crippen molar-refractivity contribution in [1.82, 2.24) is 4.90 Å². The number of nitrogens with zero attached hydrogens (tertiary/aromatic N) is 4. The van der Waals surface area contributed by atoms with Crippen molar-refractivity contribution in [3.63, 3.8) is 0 Å². The summed E-state index contributed by atoms with van der Waals surface area (Å²) in [6, 6.07) is 21.3. The molecule has 0 N–H and O–H groups in total. The number of allylic oxidation sites excluding steroid dienone is 3. The fraction of sp³-hybridized carbons (Fsp3) is 0.333. The van der Waals surface area contributed by atoms with E-state index >= 15 is 0 Å². The molecule has 0 aromatic heterocycles. The van der Waals surface area contributed by atoms with Gasteiger partial charge in [-0.3, -0.25) is 0 Å². The monoisotopic (exact) mass is 490 g/mol. The highest BCUT2D eigenvalue weighted by Crippen LogP contribution is 2.66. The Hall–Kier alpha value is -3.66. The Bertz CT molecular complexity index is 1400. The Morgan fingerprint density at radius 1 is 0.568 bits per heavy atom. The van der Waals surface area contributed by atoms with E-state index in [0.29, 0.717) is 5.92 Å². The van der Waals surface area contributed by atoms with E-state index in [1.807, 2.05) is 0 Å². The molecule has 3 aromatic rings. The summed E-state index contributed by atoms with van der Waals surface area (Å²) < 4.78 is 0. The second-order valence-electron chi connectivity index (χ2n) is 11.6. The molecule has 0 radical (unpaired) electrons. The molecule has 0 aliphatic heterocycles. The molecule has 0 bridgehead atoms. The second-order valence-corrected chi connectivity index (χ2v) is 11.6. The molecule has 1 spiro atoms. The van der Waals surface area contributed by atoms with Gasteiger partial charge in [0.2, 0.25) is 0 Å². The van der Waals surface area contributed by atoms with Crippen molar-refractivity contribution in [2.45, 2.75) is 11.3 Å². The van der Waals surface area contributed by atoms with Crippen LogP contribution in [0, 0.1) is 5.92 Å². The minimum absolute atomic E-state index is 0.263. The Kier molecular flexibility index (Phi) is 5.24. The molecule has 2 atom stereocenters. The van der Waals surface area contributed by atoms with Crippen molar-refractivity contribution >= 4 is 17.1 Å². The first kappa shape index (κ1) is 23.7. The predicted octanol–water partition coefficient (Wildman–Crippen LogP) is 5.93. The van der Waals surface area contributed by atoms with Gasteiger partial charge in [-0.05, 0) is 75.9 Å². The molecule has 2 unspecified atom stereocenters. The first-order valence-corrected chi connectivity index (χ1v) is 13.2. The van der Waals surface area contributed by atoms with Gasteiger partial charge in [0.15, 0.2) is 0 Å². The van der Waals surface area contributed by atoms with Crippen LogP contribution in [0.25, 0.3) is 11.1 Å². The Morgan fingerprint density at radius 2 is 1.05 bits per heavy atom. The molecule has 0 saturated heterocycles. The fourth-order valence-corrected chi connectivity index (χ4v) is 6.83. The lowest BCUT2D eigenvalue weighted by atomic mass is 9.65. The number of benzene rings is 3. The van der Waals surface area contributed by atoms with Crippen LogP contribution < -0.4 is 14.7 Å². The van der Waals surface area contributed by atoms with Crippen LogP contribution in [-0.4, -0.2) is 61.3 Å². The lowest BCUT2D eigenvalue weighted by Crippen LogP contribution is -2.34. The molecule has 6 rings (SSSR count). The minimum Gasteiger partial charge on any atom is -0.378 e. The zero-order valence-electron chi connectivity index (χ0n) is 23.4. The standard InChI is InChI=1S/C33H38N4/c1-34(2)21-9-13-25-26-14-10-22(35(3)4)18-30(26)33(29(25)17-21)31-19-23(36(5)6)11-15-27(31)28-16-12-24(37(7)8)20-32(28)33/h9-20,25,29H,1-8H3. The van der Waals surface area contributed by atoms with E-state index < -0.39 is 0 Å². The van der Waals surface area contributed by atoms with Crippen molar-refractivity contribution in [1.29, 1.82) is 0 Å². The van der Waals surface area contributed by atoms with Crippen LogP contribution in [0.4, 0.5) is 17.1 Å². The van der Waals surface area contributed by atoms with Crippen molar-refractivity contribution < 1.29 is 0 Å². The third-order valence-electron chi connectivity index (χ3n) is 8.74. The first-order chi connectivity index (χ1) is 17.6. The molecule has 0 saturated carbocycles. The molecule has 190 valence electrons. The van der Waals surface area contributed by atoms with Gasteiger partial charge < -0.3 is 19.6 Å². The lowest BCUT2D eigenvalue weighted by Gasteiger charge is -2.38. The van der Waals surface area contributed by atoms with Crippen molar-refractivity contribution in [2.24, 2.45) is 5.92 Å². The maximum absolute atomic E-state index is 2.55. The number of rotatable bonds is 4. The maximum atomic E-state index is 2.55. The van der Waals surface area contributed by atoms with Gasteiger partial charge in [0.1, 0.15) is 0 Å². The largest absolute Gasteiger partial charge is 0.378 e. The highest BCUT2D eigenvalue weighted by Gasteiger charge is 2.57. The molecular weight excluding hydrogens is 452 g/mol. The summed E-state index contributed by atoms with van der Waals surface area (Å²) in [5.41, 5.74) is 13.2. The number of fused-ring (bicyclic) bond motifs is 10. The Morgan fingerprint density at radius 3 is 1.54 bits per heavy atom. The third kappa shape index (κ3) is 3.21. The van der Waals surface area contributed by atoms with Crippen molar-refractivity contribution in [2.75, 3.05) is 71.1 Å². The summed E-state index contributed by atoms with van der Waals surface area (Å²) >= 11 is 0. The van der Waals surface area contributed by atoms with E-state index in [4.69, 9.17) is 0 Å². The molecule has 4 nitrogen and oxygen atoms in total. The molecule has 3 aliphatic carbocycles. The number of anilines is 3. The average molecular weight is 491 g/mol. The topological polar surface area (TPSA) is 13.0 Å². The molecule has 4 heteroatoms. The minimum atomic E-state index is -0.263. The summed E-state index contributed by atoms with van der Waals surface area (Å²) in [6.07, 6.45) is 7.31. The Labute approximate surface area is 222 Å². The van der Waals surface area contributed by atoms with Gasteiger partial charge in [0.25, 0.3) is 0 Å². The fourth-order valence-electron chi connectivity index (χ4n) is 6.83. The van der Waals surface area contributed by atoms with E-state index in [1.165, 1.54) is 56.1 Å². The van der Waals surface area contributed by atoms with Crippen LogP contribution in [0.3, 0.4) is 0 Å². The van der Waals surface area contributed by atoms with Gasteiger partial charge in [0.05, 0.1) is 5.41 Å². The van der Waals surface area contributed by atoms with Crippen LogP contribution in [0.1, 0.15) is 28.2 Å². The molecule has 3 aliphatic rings. The summed E-state index contributed by atoms with van der Waals surface area (Å²) in [6.45, 7) is 0. The summed E-state index contributed by atoms with van der Waals surface area (Å²) in [4.78, 5) is 8.94. The van der Waals surface area contributed by atoms with Crippen LogP contribution >= 0.6 is 0 Å². The van der Waals surface area contributed by atoms with Crippen molar-refractivity contribution in [3.05, 3.63) is 101 Å². The van der Waals surface area contributed by atoms with E-state index in [2.05, 4.69) is 149 Å². The van der Waals surface area contributed by atoms with Gasteiger partial charge in [-0.25, -0.2) is 0 Å². The van der Waals surface area contributed by atoms with Gasteiger partial charge in [-0.2, -0.15) is 0 Å². The smallest absolute Gasteiger partial charge is 0.0540 e. The van der Waals surface area contributed by atoms with E-state index in [0.717, 1.165) is 0 Å². The molecule has 37 heavy (non-hydrogen) atoms. The predicted molar refractivity (Wildman–Crippen MR) is 158 cm³/mol. The van der Waals surface area contributed by atoms with Crippen molar-refractivity contribution in [3.8, 4) is 11.1 Å². The zero-order chi connectivity index (χ0) is 26.2. The summed E-state index contributed by atoms with van der Waals surface area (Å²) in [7, 11) is 17.2. The molecule has 0 amide bonds. The number of likely N-dealkylation sites (N-methyl/N-ethyl adjacent to an activating group) is 1. The van der Waals surface area contributed by atoms with Crippen LogP contribution in [0.2, 0.25) is 0 Å². The molecule has 0 heterocycles. The highest BCUT2D eigenvalue weighted by atomic mass is 15.1. The quantitative estimate of drug-likeness (QED) is 0.449.